The van der Waals surface area contributed by atoms with Gasteiger partial charge in [-0.25, -0.2) is 4.98 Å². The summed E-state index contributed by atoms with van der Waals surface area (Å²) in [6.07, 6.45) is 6.05. The minimum Gasteiger partial charge on any atom is -0.381 e. The highest BCUT2D eigenvalue weighted by molar-refractivity contribution is 5.03. The van der Waals surface area contributed by atoms with Crippen LogP contribution in [0, 0.1) is 5.92 Å². The highest BCUT2D eigenvalue weighted by Crippen LogP contribution is 2.19. The number of ether oxygens (including phenoxy) is 1. The van der Waals surface area contributed by atoms with E-state index in [2.05, 4.69) is 9.55 Å². The normalized spacial score (nSPS) is 20.4. The minimum atomic E-state index is 0.0624. The molecule has 1 fully saturated rings. The van der Waals surface area contributed by atoms with Crippen molar-refractivity contribution in [3.05, 3.63) is 18.2 Å². The molecule has 0 unspecified atom stereocenters. The van der Waals surface area contributed by atoms with E-state index in [4.69, 9.17) is 10.5 Å². The molecule has 1 aliphatic rings. The van der Waals surface area contributed by atoms with Gasteiger partial charge in [0.25, 0.3) is 0 Å². The molecule has 4 nitrogen and oxygen atoms in total. The summed E-state index contributed by atoms with van der Waals surface area (Å²) in [5.74, 6) is 0.713. The lowest BCUT2D eigenvalue weighted by atomic mass is 10.0. The van der Waals surface area contributed by atoms with Gasteiger partial charge in [-0.3, -0.25) is 0 Å². The molecule has 15 heavy (non-hydrogen) atoms. The van der Waals surface area contributed by atoms with E-state index in [-0.39, 0.29) is 6.04 Å². The van der Waals surface area contributed by atoms with Gasteiger partial charge in [0.2, 0.25) is 0 Å². The van der Waals surface area contributed by atoms with Crippen LogP contribution in [0.3, 0.4) is 0 Å². The molecular weight excluding hydrogens is 190 g/mol. The van der Waals surface area contributed by atoms with Gasteiger partial charge in [0.1, 0.15) is 0 Å². The standard InChI is InChI=1S/C11H19N3O/c1-9(12)11-6-13-8-14(11)7-10-2-4-15-5-3-10/h6,8-10H,2-5,7,12H2,1H3/t9-/m0/s1. The van der Waals surface area contributed by atoms with E-state index in [9.17, 15) is 0 Å². The average molecular weight is 209 g/mol. The topological polar surface area (TPSA) is 53.1 Å². The third-order valence-electron chi connectivity index (χ3n) is 3.01. The smallest absolute Gasteiger partial charge is 0.0948 e. The number of rotatable bonds is 3. The van der Waals surface area contributed by atoms with Crippen molar-refractivity contribution in [3.8, 4) is 0 Å². The third-order valence-corrected chi connectivity index (χ3v) is 3.01. The largest absolute Gasteiger partial charge is 0.381 e. The molecule has 2 rings (SSSR count). The molecule has 2 heterocycles. The Morgan fingerprint density at radius 1 is 1.60 bits per heavy atom. The summed E-state index contributed by atoms with van der Waals surface area (Å²) in [6, 6.07) is 0.0624. The quantitative estimate of drug-likeness (QED) is 0.817. The summed E-state index contributed by atoms with van der Waals surface area (Å²) in [7, 11) is 0. The van der Waals surface area contributed by atoms with Crippen LogP contribution >= 0.6 is 0 Å². The Labute approximate surface area is 90.4 Å². The second kappa shape index (κ2) is 4.77. The van der Waals surface area contributed by atoms with Gasteiger partial charge in [-0.15, -0.1) is 0 Å². The van der Waals surface area contributed by atoms with Crippen molar-refractivity contribution in [1.29, 1.82) is 0 Å². The molecule has 84 valence electrons. The van der Waals surface area contributed by atoms with E-state index in [1.54, 1.807) is 0 Å². The molecule has 0 bridgehead atoms. The van der Waals surface area contributed by atoms with Crippen LogP contribution in [0.25, 0.3) is 0 Å². The predicted octanol–water partition coefficient (Wildman–Crippen LogP) is 1.33. The monoisotopic (exact) mass is 209 g/mol. The maximum atomic E-state index is 5.88. The summed E-state index contributed by atoms with van der Waals surface area (Å²) in [5, 5.41) is 0. The minimum absolute atomic E-state index is 0.0624. The van der Waals surface area contributed by atoms with Crippen LogP contribution in [0.5, 0.6) is 0 Å². The molecule has 1 atom stereocenters. The molecule has 1 aromatic rings. The molecule has 2 N–H and O–H groups in total. The van der Waals surface area contributed by atoms with Gasteiger partial charge in [-0.05, 0) is 25.7 Å². The Kier molecular flexibility index (Phi) is 3.38. The average Bonchev–Trinajstić information content (AvgIpc) is 2.67. The van der Waals surface area contributed by atoms with Crippen molar-refractivity contribution >= 4 is 0 Å². The number of nitrogens with zero attached hydrogens (tertiary/aromatic N) is 2. The van der Waals surface area contributed by atoms with Crippen LogP contribution in [0.4, 0.5) is 0 Å². The van der Waals surface area contributed by atoms with Crippen molar-refractivity contribution in [2.45, 2.75) is 32.4 Å². The van der Waals surface area contributed by atoms with Gasteiger partial charge >= 0.3 is 0 Å². The zero-order valence-corrected chi connectivity index (χ0v) is 9.22. The third kappa shape index (κ3) is 2.58. The van der Waals surface area contributed by atoms with Crippen molar-refractivity contribution < 1.29 is 4.74 Å². The van der Waals surface area contributed by atoms with E-state index < -0.39 is 0 Å². The fourth-order valence-corrected chi connectivity index (χ4v) is 2.07. The number of nitrogens with two attached hydrogens (primary N) is 1. The number of aromatic nitrogens is 2. The molecule has 4 heteroatoms. The molecule has 1 aliphatic heterocycles. The van der Waals surface area contributed by atoms with Crippen LogP contribution in [0.15, 0.2) is 12.5 Å². The molecule has 0 aliphatic carbocycles. The fraction of sp³-hybridized carbons (Fsp3) is 0.727. The molecule has 0 spiro atoms. The van der Waals surface area contributed by atoms with Gasteiger partial charge in [-0.2, -0.15) is 0 Å². The van der Waals surface area contributed by atoms with Crippen molar-refractivity contribution in [2.75, 3.05) is 13.2 Å². The molecule has 1 saturated heterocycles. The maximum Gasteiger partial charge on any atom is 0.0948 e. The van der Waals surface area contributed by atoms with Gasteiger partial charge in [0.15, 0.2) is 0 Å². The molecule has 0 saturated carbocycles. The number of hydrogen-bond donors (Lipinski definition) is 1. The Balaban J connectivity index is 1.99. The number of imidazole rings is 1. The summed E-state index contributed by atoms with van der Waals surface area (Å²) in [6.45, 7) is 4.82. The van der Waals surface area contributed by atoms with Crippen LogP contribution in [-0.2, 0) is 11.3 Å². The maximum absolute atomic E-state index is 5.88. The molecule has 0 aromatic carbocycles. The van der Waals surface area contributed by atoms with Crippen molar-refractivity contribution in [2.24, 2.45) is 11.7 Å². The Bertz CT molecular complexity index is 303. The van der Waals surface area contributed by atoms with Crippen LogP contribution in [0.2, 0.25) is 0 Å². The van der Waals surface area contributed by atoms with E-state index in [1.165, 1.54) is 0 Å². The summed E-state index contributed by atoms with van der Waals surface area (Å²) in [4.78, 5) is 4.16. The van der Waals surface area contributed by atoms with Gasteiger partial charge < -0.3 is 15.0 Å². The zero-order chi connectivity index (χ0) is 10.7. The number of hydrogen-bond acceptors (Lipinski definition) is 3. The fourth-order valence-electron chi connectivity index (χ4n) is 2.07. The molecule has 1 aromatic heterocycles. The summed E-state index contributed by atoms with van der Waals surface area (Å²) >= 11 is 0. The second-order valence-electron chi connectivity index (χ2n) is 4.32. The van der Waals surface area contributed by atoms with E-state index in [1.807, 2.05) is 19.4 Å². The van der Waals surface area contributed by atoms with Crippen molar-refractivity contribution in [3.63, 3.8) is 0 Å². The Morgan fingerprint density at radius 3 is 3.00 bits per heavy atom. The SMILES string of the molecule is C[C@H](N)c1cncn1CC1CCOCC1. The van der Waals surface area contributed by atoms with Crippen LogP contribution in [-0.4, -0.2) is 22.8 Å². The lowest BCUT2D eigenvalue weighted by Crippen LogP contribution is -2.22. The Morgan fingerprint density at radius 2 is 2.33 bits per heavy atom. The lowest BCUT2D eigenvalue weighted by Gasteiger charge is -2.23. The molecule has 0 radical (unpaired) electrons. The van der Waals surface area contributed by atoms with Gasteiger partial charge in [-0.1, -0.05) is 0 Å². The second-order valence-corrected chi connectivity index (χ2v) is 4.32. The lowest BCUT2D eigenvalue weighted by molar-refractivity contribution is 0.0609. The summed E-state index contributed by atoms with van der Waals surface area (Å²) < 4.78 is 7.53. The van der Waals surface area contributed by atoms with Gasteiger partial charge in [0.05, 0.1) is 12.0 Å². The molecular formula is C11H19N3O. The van der Waals surface area contributed by atoms with Crippen LogP contribution < -0.4 is 5.73 Å². The first-order valence-corrected chi connectivity index (χ1v) is 5.60. The predicted molar refractivity (Wildman–Crippen MR) is 58.4 cm³/mol. The first-order valence-electron chi connectivity index (χ1n) is 5.60. The van der Waals surface area contributed by atoms with E-state index in [0.29, 0.717) is 5.92 Å². The van der Waals surface area contributed by atoms with Gasteiger partial charge in [0, 0.05) is 32.0 Å². The molecule has 0 amide bonds. The first-order chi connectivity index (χ1) is 7.27. The van der Waals surface area contributed by atoms with Crippen LogP contribution in [0.1, 0.15) is 31.5 Å². The van der Waals surface area contributed by atoms with E-state index >= 15 is 0 Å². The summed E-state index contributed by atoms with van der Waals surface area (Å²) in [5.41, 5.74) is 7.00. The Hall–Kier alpha value is -0.870. The van der Waals surface area contributed by atoms with E-state index in [0.717, 1.165) is 38.3 Å². The highest BCUT2D eigenvalue weighted by atomic mass is 16.5. The highest BCUT2D eigenvalue weighted by Gasteiger charge is 2.16. The zero-order valence-electron chi connectivity index (χ0n) is 9.22. The van der Waals surface area contributed by atoms with Crippen molar-refractivity contribution in [1.82, 2.24) is 9.55 Å². The first kappa shape index (κ1) is 10.6.